The Labute approximate surface area is 193 Å². The molecule has 2 aromatic rings. The van der Waals surface area contributed by atoms with Crippen LogP contribution >= 0.6 is 0 Å². The molecule has 3 amide bonds. The number of hydrogen-bond acceptors (Lipinski definition) is 6. The lowest BCUT2D eigenvalue weighted by atomic mass is 9.91. The van der Waals surface area contributed by atoms with E-state index in [0.717, 1.165) is 31.2 Å². The fourth-order valence-corrected chi connectivity index (χ4v) is 4.63. The maximum absolute atomic E-state index is 13.5. The molecule has 1 aromatic heterocycles. The highest BCUT2D eigenvalue weighted by atomic mass is 16.5. The Hall–Kier alpha value is -3.20. The zero-order valence-electron chi connectivity index (χ0n) is 19.1. The second kappa shape index (κ2) is 9.74. The van der Waals surface area contributed by atoms with Crippen molar-refractivity contribution in [1.29, 1.82) is 0 Å². The number of aryl methyl sites for hydroxylation is 2. The molecule has 1 saturated heterocycles. The molecule has 1 atom stereocenters. The summed E-state index contributed by atoms with van der Waals surface area (Å²) in [5, 5.41) is 6.91. The molecule has 1 aliphatic heterocycles. The molecule has 1 aliphatic carbocycles. The molecule has 1 saturated carbocycles. The molecular formula is C24H31N5O4. The van der Waals surface area contributed by atoms with Gasteiger partial charge in [0.15, 0.2) is 11.9 Å². The van der Waals surface area contributed by atoms with E-state index in [-0.39, 0.29) is 29.6 Å². The van der Waals surface area contributed by atoms with Crippen molar-refractivity contribution >= 4 is 17.7 Å². The molecule has 2 fully saturated rings. The highest BCUT2D eigenvalue weighted by Crippen LogP contribution is 2.23. The molecule has 176 valence electrons. The van der Waals surface area contributed by atoms with Crippen LogP contribution in [0.1, 0.15) is 64.3 Å². The highest BCUT2D eigenvalue weighted by molar-refractivity contribution is 6.01. The maximum atomic E-state index is 13.5. The van der Waals surface area contributed by atoms with Gasteiger partial charge in [-0.15, -0.1) is 0 Å². The Morgan fingerprint density at radius 2 is 1.73 bits per heavy atom. The molecule has 4 rings (SSSR count). The Kier molecular flexibility index (Phi) is 6.78. The Morgan fingerprint density at radius 1 is 1.03 bits per heavy atom. The predicted octanol–water partition coefficient (Wildman–Crippen LogP) is 1.99. The minimum Gasteiger partial charge on any atom is -0.361 e. The van der Waals surface area contributed by atoms with Gasteiger partial charge in [0.25, 0.3) is 17.7 Å². The molecule has 1 aromatic carbocycles. The van der Waals surface area contributed by atoms with E-state index in [1.165, 1.54) is 9.80 Å². The predicted molar refractivity (Wildman–Crippen MR) is 121 cm³/mol. The summed E-state index contributed by atoms with van der Waals surface area (Å²) in [7, 11) is 0. The van der Waals surface area contributed by atoms with Crippen LogP contribution in [0.15, 0.2) is 34.9 Å². The number of rotatable bonds is 4. The lowest BCUT2D eigenvalue weighted by Crippen LogP contribution is -2.64. The van der Waals surface area contributed by atoms with Crippen molar-refractivity contribution in [3.05, 3.63) is 52.9 Å². The number of carbonyl (C=O) groups excluding carboxylic acids is 3. The Morgan fingerprint density at radius 3 is 2.36 bits per heavy atom. The molecule has 0 spiro atoms. The van der Waals surface area contributed by atoms with E-state index < -0.39 is 12.1 Å². The van der Waals surface area contributed by atoms with Crippen LogP contribution in [0.25, 0.3) is 0 Å². The van der Waals surface area contributed by atoms with E-state index in [4.69, 9.17) is 10.3 Å². The van der Waals surface area contributed by atoms with Gasteiger partial charge in [0.05, 0.1) is 0 Å². The molecule has 0 bridgehead atoms. The first-order valence-corrected chi connectivity index (χ1v) is 11.5. The molecule has 33 heavy (non-hydrogen) atoms. The molecule has 3 N–H and O–H groups in total. The highest BCUT2D eigenvalue weighted by Gasteiger charge is 2.42. The van der Waals surface area contributed by atoms with Crippen LogP contribution < -0.4 is 11.1 Å². The summed E-state index contributed by atoms with van der Waals surface area (Å²) in [6.45, 7) is 4.33. The maximum Gasteiger partial charge on any atom is 0.278 e. The van der Waals surface area contributed by atoms with Gasteiger partial charge in [0.2, 0.25) is 0 Å². The fourth-order valence-electron chi connectivity index (χ4n) is 4.63. The van der Waals surface area contributed by atoms with Gasteiger partial charge in [-0.1, -0.05) is 22.9 Å². The van der Waals surface area contributed by atoms with E-state index in [1.54, 1.807) is 25.1 Å². The van der Waals surface area contributed by atoms with Crippen molar-refractivity contribution in [3.8, 4) is 0 Å². The average Bonchev–Trinajstić information content (AvgIpc) is 3.25. The van der Waals surface area contributed by atoms with Crippen molar-refractivity contribution in [1.82, 2.24) is 20.3 Å². The van der Waals surface area contributed by atoms with Gasteiger partial charge in [0.1, 0.15) is 5.76 Å². The standard InChI is InChI=1S/C24H31N5O4/c1-15-5-3-6-17(13-15)23(31)28-11-4-12-29(24(32)20-14-16(2)33-27-20)22(28)21(30)26-19-9-7-18(25)8-10-19/h3,5-6,13-14,18-19,22H,4,7-12,25H2,1-2H3,(H,26,30). The summed E-state index contributed by atoms with van der Waals surface area (Å²) in [4.78, 5) is 43.2. The van der Waals surface area contributed by atoms with Crippen LogP contribution in [0, 0.1) is 13.8 Å². The van der Waals surface area contributed by atoms with E-state index in [9.17, 15) is 14.4 Å². The first kappa shape index (κ1) is 23.0. The van der Waals surface area contributed by atoms with Crippen molar-refractivity contribution in [2.75, 3.05) is 13.1 Å². The molecule has 1 unspecified atom stereocenters. The van der Waals surface area contributed by atoms with Gasteiger partial charge < -0.3 is 25.4 Å². The third kappa shape index (κ3) is 5.08. The molecular weight excluding hydrogens is 422 g/mol. The third-order valence-corrected chi connectivity index (χ3v) is 6.38. The zero-order valence-corrected chi connectivity index (χ0v) is 19.1. The Balaban J connectivity index is 1.63. The summed E-state index contributed by atoms with van der Waals surface area (Å²) < 4.78 is 5.07. The van der Waals surface area contributed by atoms with Gasteiger partial charge in [0, 0.05) is 36.8 Å². The number of nitrogens with zero attached hydrogens (tertiary/aromatic N) is 3. The van der Waals surface area contributed by atoms with E-state index in [1.807, 2.05) is 19.1 Å². The largest absolute Gasteiger partial charge is 0.361 e. The van der Waals surface area contributed by atoms with Gasteiger partial charge in [-0.25, -0.2) is 0 Å². The minimum atomic E-state index is -1.06. The van der Waals surface area contributed by atoms with E-state index in [2.05, 4.69) is 10.5 Å². The molecule has 2 heterocycles. The monoisotopic (exact) mass is 453 g/mol. The van der Waals surface area contributed by atoms with Gasteiger partial charge in [-0.2, -0.15) is 0 Å². The second-order valence-electron chi connectivity index (χ2n) is 9.04. The second-order valence-corrected chi connectivity index (χ2v) is 9.04. The number of hydrogen-bond donors (Lipinski definition) is 2. The SMILES string of the molecule is Cc1cccc(C(=O)N2CCCN(C(=O)c3cc(C)on3)C2C(=O)NC2CCC(N)CC2)c1. The number of aromatic nitrogens is 1. The summed E-state index contributed by atoms with van der Waals surface area (Å²) in [6, 6.07) is 8.92. The molecule has 9 heteroatoms. The van der Waals surface area contributed by atoms with Gasteiger partial charge >= 0.3 is 0 Å². The van der Waals surface area contributed by atoms with Crippen molar-refractivity contribution in [2.24, 2.45) is 5.73 Å². The lowest BCUT2D eigenvalue weighted by Gasteiger charge is -2.43. The normalized spacial score (nSPS) is 23.3. The van der Waals surface area contributed by atoms with Crippen LogP contribution in [-0.2, 0) is 4.79 Å². The van der Waals surface area contributed by atoms with Crippen molar-refractivity contribution in [3.63, 3.8) is 0 Å². The molecule has 2 aliphatic rings. The summed E-state index contributed by atoms with van der Waals surface area (Å²) in [5.74, 6) is -0.565. The average molecular weight is 454 g/mol. The summed E-state index contributed by atoms with van der Waals surface area (Å²) >= 11 is 0. The molecule has 0 radical (unpaired) electrons. The minimum absolute atomic E-state index is 0.0265. The first-order valence-electron chi connectivity index (χ1n) is 11.5. The van der Waals surface area contributed by atoms with Crippen LogP contribution in [0.3, 0.4) is 0 Å². The number of nitrogens with two attached hydrogens (primary N) is 1. The summed E-state index contributed by atoms with van der Waals surface area (Å²) in [5.41, 5.74) is 7.56. The van der Waals surface area contributed by atoms with Crippen LogP contribution in [0.5, 0.6) is 0 Å². The third-order valence-electron chi connectivity index (χ3n) is 6.38. The number of nitrogens with one attached hydrogen (secondary N) is 1. The quantitative estimate of drug-likeness (QED) is 0.730. The number of benzene rings is 1. The smallest absolute Gasteiger partial charge is 0.278 e. The van der Waals surface area contributed by atoms with Gasteiger partial charge in [-0.3, -0.25) is 14.4 Å². The van der Waals surface area contributed by atoms with Crippen LogP contribution in [-0.4, -0.2) is 64.0 Å². The lowest BCUT2D eigenvalue weighted by molar-refractivity contribution is -0.133. The van der Waals surface area contributed by atoms with Crippen LogP contribution in [0.2, 0.25) is 0 Å². The van der Waals surface area contributed by atoms with E-state index in [0.29, 0.717) is 30.8 Å². The molecule has 9 nitrogen and oxygen atoms in total. The van der Waals surface area contributed by atoms with Crippen LogP contribution in [0.4, 0.5) is 0 Å². The zero-order chi connectivity index (χ0) is 23.5. The van der Waals surface area contributed by atoms with E-state index >= 15 is 0 Å². The van der Waals surface area contributed by atoms with Gasteiger partial charge in [-0.05, 0) is 58.1 Å². The Bertz CT molecular complexity index is 1030. The topological polar surface area (TPSA) is 122 Å². The van der Waals surface area contributed by atoms with Crippen molar-refractivity contribution in [2.45, 2.75) is 64.2 Å². The summed E-state index contributed by atoms with van der Waals surface area (Å²) in [6.07, 6.45) is 2.73. The van der Waals surface area contributed by atoms with Crippen molar-refractivity contribution < 1.29 is 18.9 Å². The first-order chi connectivity index (χ1) is 15.8. The number of amides is 3. The number of carbonyl (C=O) groups is 3. The fraction of sp³-hybridized carbons (Fsp3) is 0.500.